The zero-order valence-electron chi connectivity index (χ0n) is 20.5. The fourth-order valence-corrected chi connectivity index (χ4v) is 5.82. The highest BCUT2D eigenvalue weighted by molar-refractivity contribution is 5.76. The first-order chi connectivity index (χ1) is 16.6. The van der Waals surface area contributed by atoms with Crippen molar-refractivity contribution in [3.63, 3.8) is 0 Å². The van der Waals surface area contributed by atoms with Crippen LogP contribution in [-0.2, 0) is 11.3 Å². The third-order valence-corrected chi connectivity index (χ3v) is 8.05. The maximum atomic E-state index is 13.2. The van der Waals surface area contributed by atoms with Gasteiger partial charge in [-0.15, -0.1) is 0 Å². The van der Waals surface area contributed by atoms with Gasteiger partial charge >= 0.3 is 12.2 Å². The summed E-state index contributed by atoms with van der Waals surface area (Å²) in [6.45, 7) is 5.02. The first-order valence-electron chi connectivity index (χ1n) is 12.1. The molecule has 3 aliphatic rings. The van der Waals surface area contributed by atoms with Crippen molar-refractivity contribution in [2.24, 2.45) is 23.2 Å². The molecule has 2 N–H and O–H groups in total. The van der Waals surface area contributed by atoms with Crippen molar-refractivity contribution in [3.05, 3.63) is 46.6 Å². The minimum Gasteiger partial charge on any atom is -0.427 e. The number of anilines is 1. The first kappa shape index (κ1) is 25.1. The van der Waals surface area contributed by atoms with Crippen LogP contribution in [0, 0.1) is 23.2 Å². The number of carbonyl (C=O) groups is 1. The molecule has 5 rings (SSSR count). The molecule has 3 aliphatic carbocycles. The Kier molecular flexibility index (Phi) is 7.10. The Bertz CT molecular complexity index is 1110. The molecule has 8 nitrogen and oxygen atoms in total. The first-order valence-corrected chi connectivity index (χ1v) is 12.1. The van der Waals surface area contributed by atoms with E-state index in [1.54, 1.807) is 24.5 Å². The number of rotatable bonds is 9. The number of hydrogen-bond acceptors (Lipinski definition) is 6. The van der Waals surface area contributed by atoms with E-state index in [2.05, 4.69) is 46.2 Å². The molecule has 0 radical (unpaired) electrons. The second-order valence-electron chi connectivity index (χ2n) is 10.2. The van der Waals surface area contributed by atoms with Crippen LogP contribution in [0.4, 0.5) is 14.5 Å². The van der Waals surface area contributed by atoms with Gasteiger partial charge in [0.1, 0.15) is 12.2 Å². The Morgan fingerprint density at radius 3 is 2.60 bits per heavy atom. The predicted molar refractivity (Wildman–Crippen MR) is 127 cm³/mol. The van der Waals surface area contributed by atoms with Gasteiger partial charge in [0.25, 0.3) is 0 Å². The fourth-order valence-electron chi connectivity index (χ4n) is 5.82. The van der Waals surface area contributed by atoms with E-state index >= 15 is 0 Å². The highest BCUT2D eigenvalue weighted by Gasteiger charge is 2.56. The van der Waals surface area contributed by atoms with E-state index in [9.17, 15) is 18.4 Å². The van der Waals surface area contributed by atoms with E-state index < -0.39 is 30.4 Å². The van der Waals surface area contributed by atoms with Gasteiger partial charge in [-0.2, -0.15) is 13.9 Å². The molecular formula is C25H33F2N5O3. The molecule has 3 saturated carbocycles. The molecule has 2 aromatic heterocycles. The number of alkyl halides is 2. The molecule has 0 aliphatic heterocycles. The molecule has 3 fully saturated rings. The molecule has 35 heavy (non-hydrogen) atoms. The monoisotopic (exact) mass is 489 g/mol. The van der Waals surface area contributed by atoms with Gasteiger partial charge in [-0.1, -0.05) is 27.7 Å². The standard InChI is InChI=1S/C25H33F2N5O3/c1-5-18(15-6-8-28-9-7-15)31-21(33)13-32-23(34)22(35-24(26)27)20(12-29-32)30-19-11-16-10-17(14(19)2)25(16,3)4/h6-9,12,14,16-19,24,30H,5,10-11,13H2,1-4H3,(H,31,33)/t14-,16+,17?,18?,19?/m1/s1. The topological polar surface area (TPSA) is 98.1 Å². The van der Waals surface area contributed by atoms with Gasteiger partial charge in [-0.3, -0.25) is 14.6 Å². The molecule has 0 aromatic carbocycles. The van der Waals surface area contributed by atoms with Crippen molar-refractivity contribution in [2.75, 3.05) is 5.32 Å². The molecule has 3 unspecified atom stereocenters. The molecule has 2 heterocycles. The van der Waals surface area contributed by atoms with Gasteiger partial charge in [0.05, 0.1) is 12.2 Å². The van der Waals surface area contributed by atoms with Crippen LogP contribution in [0.3, 0.4) is 0 Å². The predicted octanol–water partition coefficient (Wildman–Crippen LogP) is 3.99. The van der Waals surface area contributed by atoms with E-state index in [1.807, 2.05) is 6.92 Å². The summed E-state index contributed by atoms with van der Waals surface area (Å²) in [7, 11) is 0. The van der Waals surface area contributed by atoms with Gasteiger partial charge in [0, 0.05) is 18.4 Å². The number of nitrogens with zero attached hydrogens (tertiary/aromatic N) is 3. The van der Waals surface area contributed by atoms with Crippen LogP contribution >= 0.6 is 0 Å². The van der Waals surface area contributed by atoms with Crippen molar-refractivity contribution < 1.29 is 18.3 Å². The average molecular weight is 490 g/mol. The van der Waals surface area contributed by atoms with Crippen LogP contribution < -0.4 is 20.9 Å². The minimum atomic E-state index is -3.18. The Labute approximate surface area is 203 Å². The summed E-state index contributed by atoms with van der Waals surface area (Å²) < 4.78 is 31.9. The molecule has 190 valence electrons. The van der Waals surface area contributed by atoms with Gasteiger partial charge in [0.15, 0.2) is 0 Å². The Morgan fingerprint density at radius 2 is 2.00 bits per heavy atom. The number of nitrogens with one attached hydrogen (secondary N) is 2. The number of carbonyl (C=O) groups excluding carboxylic acids is 1. The zero-order chi connectivity index (χ0) is 25.3. The number of aromatic nitrogens is 3. The van der Waals surface area contributed by atoms with Crippen molar-refractivity contribution >= 4 is 11.6 Å². The number of ether oxygens (including phenoxy) is 1. The van der Waals surface area contributed by atoms with Crippen molar-refractivity contribution in [1.82, 2.24) is 20.1 Å². The third kappa shape index (κ3) is 5.01. The minimum absolute atomic E-state index is 0.0258. The van der Waals surface area contributed by atoms with Crippen molar-refractivity contribution in [3.8, 4) is 5.75 Å². The molecule has 1 amide bonds. The smallest absolute Gasteiger partial charge is 0.387 e. The van der Waals surface area contributed by atoms with Crippen LogP contribution in [0.25, 0.3) is 0 Å². The normalized spacial score (nSPS) is 25.5. The van der Waals surface area contributed by atoms with Crippen LogP contribution in [0.15, 0.2) is 35.5 Å². The summed E-state index contributed by atoms with van der Waals surface area (Å²) in [5.74, 6) is 0.401. The van der Waals surface area contributed by atoms with Gasteiger partial charge in [-0.25, -0.2) is 4.68 Å². The molecule has 0 saturated heterocycles. The van der Waals surface area contributed by atoms with Crippen molar-refractivity contribution in [2.45, 2.75) is 72.2 Å². The molecule has 2 bridgehead atoms. The van der Waals surface area contributed by atoms with E-state index in [4.69, 9.17) is 0 Å². The Morgan fingerprint density at radius 1 is 1.29 bits per heavy atom. The zero-order valence-corrected chi connectivity index (χ0v) is 20.5. The summed E-state index contributed by atoms with van der Waals surface area (Å²) in [4.78, 5) is 29.6. The number of fused-ring (bicyclic) bond motifs is 2. The summed E-state index contributed by atoms with van der Waals surface area (Å²) in [5, 5.41) is 10.2. The van der Waals surface area contributed by atoms with Crippen LogP contribution in [0.2, 0.25) is 0 Å². The van der Waals surface area contributed by atoms with Crippen LogP contribution in [0.5, 0.6) is 5.75 Å². The Balaban J connectivity index is 1.51. The second kappa shape index (κ2) is 9.91. The quantitative estimate of drug-likeness (QED) is 0.553. The lowest BCUT2D eigenvalue weighted by atomic mass is 9.45. The van der Waals surface area contributed by atoms with E-state index in [0.717, 1.165) is 16.7 Å². The van der Waals surface area contributed by atoms with Gasteiger partial charge in [0.2, 0.25) is 11.7 Å². The average Bonchev–Trinajstić information content (AvgIpc) is 2.82. The third-order valence-electron chi connectivity index (χ3n) is 8.05. The van der Waals surface area contributed by atoms with E-state index in [1.165, 1.54) is 12.6 Å². The highest BCUT2D eigenvalue weighted by Crippen LogP contribution is 2.61. The lowest BCUT2D eigenvalue weighted by Crippen LogP contribution is -2.58. The molecular weight excluding hydrogens is 456 g/mol. The maximum Gasteiger partial charge on any atom is 0.387 e. The van der Waals surface area contributed by atoms with Gasteiger partial charge in [-0.05, 0) is 60.1 Å². The van der Waals surface area contributed by atoms with Crippen molar-refractivity contribution in [1.29, 1.82) is 0 Å². The van der Waals surface area contributed by atoms with E-state index in [-0.39, 0.29) is 23.2 Å². The lowest BCUT2D eigenvalue weighted by molar-refractivity contribution is -0.122. The second-order valence-corrected chi connectivity index (χ2v) is 10.2. The molecule has 10 heteroatoms. The van der Waals surface area contributed by atoms with E-state index in [0.29, 0.717) is 24.2 Å². The SMILES string of the molecule is CCC(NC(=O)Cn1ncc(NC2C[C@@H]3CC([C@H]2C)C3(C)C)c(OC(F)F)c1=O)c1ccncc1. The summed E-state index contributed by atoms with van der Waals surface area (Å²) >= 11 is 0. The molecule has 5 atom stereocenters. The number of amides is 1. The van der Waals surface area contributed by atoms with Crippen LogP contribution in [-0.4, -0.2) is 33.3 Å². The number of halogens is 2. The largest absolute Gasteiger partial charge is 0.427 e. The summed E-state index contributed by atoms with van der Waals surface area (Å²) in [5.41, 5.74) is 0.393. The van der Waals surface area contributed by atoms with Gasteiger partial charge < -0.3 is 15.4 Å². The fraction of sp³-hybridized carbons (Fsp3) is 0.600. The highest BCUT2D eigenvalue weighted by atomic mass is 19.3. The molecule has 2 aromatic rings. The number of pyridine rings is 1. The molecule has 0 spiro atoms. The summed E-state index contributed by atoms with van der Waals surface area (Å²) in [6, 6.07) is 3.34. The lowest BCUT2D eigenvalue weighted by Gasteiger charge is -2.62. The van der Waals surface area contributed by atoms with Crippen LogP contribution in [0.1, 0.15) is 58.6 Å². The maximum absolute atomic E-state index is 13.2. The number of hydrogen-bond donors (Lipinski definition) is 2. The summed E-state index contributed by atoms with van der Waals surface area (Å²) in [6.07, 6.45) is 7.24. The Hall–Kier alpha value is -3.04.